The Kier molecular flexibility index (Phi) is 36.8. The number of amides is 13. The Bertz CT molecular complexity index is 3210. The highest BCUT2D eigenvalue weighted by atomic mass is 16.5. The monoisotopic (exact) mass is 1460 g/mol. The van der Waals surface area contributed by atoms with Crippen LogP contribution >= 0.6 is 0 Å². The summed E-state index contributed by atoms with van der Waals surface area (Å²) in [7, 11) is 0. The maximum atomic E-state index is 15.1. The standard InChI is InChI=1S/C74H120N14O16/c1-20-43(16)58-69(98)79-51(36-47-28-24-23-25-29-47)64(93)76-48(22-3)62(91)83-57(42(14)15)74(103)104-46(19)61(72(101)85-59(44(17)21-2)70(99)84-58)87-65(94)50(34-37(4)5)78-63(92)49(30-26-32-75)77-66(95)52-31-27-33-88(52)73(102)56(41(12)13)82-68(97)55(40(10)11)81-71(100)60(45(18)89)86-67(96)54(39(8)9)80-53(90)35-38(6)7/h22-25,28-29,35,37,39-46,49-52,54-61,89H,20-21,26-27,30-34,36,75H2,1-19H3,(H,76,93)(H,77,95)(H,78,92)(H,79,98)(H,80,90)(H,81,100)(H,82,97)(H,83,91)(H,84,99)(H,85,101)(H,86,96)(H,87,94)/b48-22-/t43?,44?,45?,46?,49-,50+,51-,52+,54?,55?,56?,57?,58+,59+,60-,61+/m0/s1. The number of allylic oxidation sites excluding steroid dienone is 2. The number of carbonyl (C=O) groups excluding carboxylic acids is 14. The SMILES string of the molecule is C/C=C1\NC(=O)[C@H](Cc2ccccc2)NC(=O)[C@@H](C(C)CC)NC(=O)[C@@H](C(C)CC)NC(=O)[C@H](NC(=O)[C@@H](CC(C)C)NC(=O)[C@H](CCCN)NC(=O)[C@H]2CCCN2C(=O)C(NC(=O)C(NC(=O)[C@@H](NC(=O)C(NC(=O)C=C(C)C)C(C)C)C(C)O)C(C)C)C(C)C)C(C)OC(=O)C(C(C)C)NC1=O. The molecule has 2 saturated heterocycles. The van der Waals surface area contributed by atoms with Crippen molar-refractivity contribution in [3.05, 3.63) is 59.3 Å². The molecule has 2 aliphatic rings. The number of esters is 1. The lowest BCUT2D eigenvalue weighted by molar-refractivity contribution is -0.157. The summed E-state index contributed by atoms with van der Waals surface area (Å²) in [5, 5.41) is 43.0. The topological polar surface area (TPSA) is 442 Å². The van der Waals surface area contributed by atoms with E-state index in [9.17, 15) is 67.4 Å². The van der Waals surface area contributed by atoms with Crippen molar-refractivity contribution in [2.24, 2.45) is 47.2 Å². The van der Waals surface area contributed by atoms with Crippen molar-refractivity contribution in [2.75, 3.05) is 13.1 Å². The molecule has 13 amide bonds. The molecule has 582 valence electrons. The molecule has 104 heavy (non-hydrogen) atoms. The van der Waals surface area contributed by atoms with E-state index in [1.807, 2.05) is 0 Å². The van der Waals surface area contributed by atoms with Gasteiger partial charge in [0.1, 0.15) is 84.3 Å². The van der Waals surface area contributed by atoms with E-state index in [2.05, 4.69) is 63.8 Å². The summed E-state index contributed by atoms with van der Waals surface area (Å²) in [6, 6.07) is -7.70. The number of nitrogens with two attached hydrogens (primary N) is 1. The number of cyclic esters (lactones) is 1. The van der Waals surface area contributed by atoms with Crippen LogP contribution < -0.4 is 69.5 Å². The molecule has 0 radical (unpaired) electrons. The molecule has 0 saturated carbocycles. The van der Waals surface area contributed by atoms with E-state index in [0.29, 0.717) is 30.4 Å². The fourth-order valence-corrected chi connectivity index (χ4v) is 11.9. The highest BCUT2D eigenvalue weighted by Crippen LogP contribution is 2.23. The van der Waals surface area contributed by atoms with Crippen LogP contribution in [0.5, 0.6) is 0 Å². The van der Waals surface area contributed by atoms with Gasteiger partial charge in [-0.2, -0.15) is 0 Å². The van der Waals surface area contributed by atoms with E-state index < -0.39 is 203 Å². The molecule has 0 spiro atoms. The summed E-state index contributed by atoms with van der Waals surface area (Å²) < 4.78 is 5.96. The van der Waals surface area contributed by atoms with Crippen molar-refractivity contribution in [3.63, 3.8) is 0 Å². The smallest absolute Gasteiger partial charge is 0.329 e. The van der Waals surface area contributed by atoms with Crippen LogP contribution in [-0.4, -0.2) is 191 Å². The Labute approximate surface area is 613 Å². The van der Waals surface area contributed by atoms with Gasteiger partial charge < -0.3 is 84.3 Å². The third-order valence-electron chi connectivity index (χ3n) is 18.6. The maximum Gasteiger partial charge on any atom is 0.329 e. The maximum absolute atomic E-state index is 15.1. The molecule has 15 N–H and O–H groups in total. The highest BCUT2D eigenvalue weighted by molar-refractivity contribution is 6.03. The van der Waals surface area contributed by atoms with Crippen LogP contribution in [0.4, 0.5) is 0 Å². The number of nitrogens with zero attached hydrogens (tertiary/aromatic N) is 1. The first-order valence-electron chi connectivity index (χ1n) is 36.6. The number of carbonyl (C=O) groups is 14. The second-order valence-corrected chi connectivity index (χ2v) is 29.5. The molecule has 0 aliphatic carbocycles. The summed E-state index contributed by atoms with van der Waals surface area (Å²) in [5.41, 5.74) is 7.02. The molecule has 2 aliphatic heterocycles. The van der Waals surface area contributed by atoms with Crippen LogP contribution in [0.3, 0.4) is 0 Å². The summed E-state index contributed by atoms with van der Waals surface area (Å²) >= 11 is 0. The molecule has 2 fully saturated rings. The van der Waals surface area contributed by atoms with Crippen LogP contribution in [0.25, 0.3) is 0 Å². The number of nitrogens with one attached hydrogen (secondary N) is 12. The molecule has 3 rings (SSSR count). The molecule has 30 heteroatoms. The van der Waals surface area contributed by atoms with Gasteiger partial charge in [-0.15, -0.1) is 0 Å². The summed E-state index contributed by atoms with van der Waals surface area (Å²) in [4.78, 5) is 202. The van der Waals surface area contributed by atoms with Crippen molar-refractivity contribution in [3.8, 4) is 0 Å². The number of likely N-dealkylation sites (tertiary alicyclic amines) is 1. The molecule has 16 atom stereocenters. The normalized spacial score (nSPS) is 22.5. The van der Waals surface area contributed by atoms with Crippen molar-refractivity contribution >= 4 is 82.8 Å². The van der Waals surface area contributed by atoms with Crippen LogP contribution in [0.2, 0.25) is 0 Å². The van der Waals surface area contributed by atoms with E-state index in [1.165, 1.54) is 37.8 Å². The highest BCUT2D eigenvalue weighted by Gasteiger charge is 2.44. The number of benzene rings is 1. The van der Waals surface area contributed by atoms with Crippen LogP contribution in [0, 0.1) is 41.4 Å². The Morgan fingerprint density at radius 3 is 1.67 bits per heavy atom. The van der Waals surface area contributed by atoms with Gasteiger partial charge in [-0.1, -0.05) is 152 Å². The minimum absolute atomic E-state index is 0.0337. The van der Waals surface area contributed by atoms with Gasteiger partial charge >= 0.3 is 5.97 Å². The van der Waals surface area contributed by atoms with Gasteiger partial charge in [0.15, 0.2) is 0 Å². The number of rotatable bonds is 31. The second-order valence-electron chi connectivity index (χ2n) is 29.5. The Morgan fingerprint density at radius 2 is 1.16 bits per heavy atom. The van der Waals surface area contributed by atoms with E-state index in [4.69, 9.17) is 10.5 Å². The Hall–Kier alpha value is -8.80. The number of hydrogen-bond donors (Lipinski definition) is 14. The lowest BCUT2D eigenvalue weighted by Crippen LogP contribution is -2.63. The molecule has 2 heterocycles. The zero-order chi connectivity index (χ0) is 78.7. The fourth-order valence-electron chi connectivity index (χ4n) is 11.9. The van der Waals surface area contributed by atoms with Crippen molar-refractivity contribution < 1.29 is 77.0 Å². The minimum Gasteiger partial charge on any atom is -0.458 e. The summed E-state index contributed by atoms with van der Waals surface area (Å²) in [6.07, 6.45) is 0.767. The molecule has 0 aromatic heterocycles. The van der Waals surface area contributed by atoms with Gasteiger partial charge in [0.25, 0.3) is 5.91 Å². The van der Waals surface area contributed by atoms with E-state index in [0.717, 1.165) is 0 Å². The van der Waals surface area contributed by atoms with Crippen LogP contribution in [0.1, 0.15) is 182 Å². The van der Waals surface area contributed by atoms with Crippen molar-refractivity contribution in [1.82, 2.24) is 68.7 Å². The number of aliphatic hydroxyl groups excluding tert-OH is 1. The molecule has 1 aromatic carbocycles. The summed E-state index contributed by atoms with van der Waals surface area (Å²) in [5.74, 6) is -15.3. The van der Waals surface area contributed by atoms with Gasteiger partial charge in [-0.3, -0.25) is 62.3 Å². The van der Waals surface area contributed by atoms with Gasteiger partial charge in [0.2, 0.25) is 70.9 Å². The van der Waals surface area contributed by atoms with E-state index >= 15 is 4.79 Å². The number of hydrogen-bond acceptors (Lipinski definition) is 17. The molecule has 1 aromatic rings. The van der Waals surface area contributed by atoms with Gasteiger partial charge in [0, 0.05) is 19.0 Å². The van der Waals surface area contributed by atoms with E-state index in [1.54, 1.807) is 141 Å². The Morgan fingerprint density at radius 1 is 0.635 bits per heavy atom. The zero-order valence-electron chi connectivity index (χ0n) is 64.3. The average Bonchev–Trinajstić information content (AvgIpc) is 1.57. The quantitative estimate of drug-likeness (QED) is 0.0369. The average molecular weight is 1460 g/mol. The summed E-state index contributed by atoms with van der Waals surface area (Å²) in [6.45, 7) is 31.3. The molecule has 0 bridgehead atoms. The van der Waals surface area contributed by atoms with Crippen LogP contribution in [-0.2, 0) is 78.3 Å². The molecular weight excluding hydrogens is 1340 g/mol. The molecule has 30 nitrogen and oxygen atoms in total. The lowest BCUT2D eigenvalue weighted by atomic mass is 9.94. The lowest BCUT2D eigenvalue weighted by Gasteiger charge is -2.33. The first-order chi connectivity index (χ1) is 48.7. The van der Waals surface area contributed by atoms with Gasteiger partial charge in [0.05, 0.1) is 6.10 Å². The predicted octanol–water partition coefficient (Wildman–Crippen LogP) is 1.37. The number of ether oxygens (including phenoxy) is 1. The third-order valence-corrected chi connectivity index (χ3v) is 18.6. The minimum atomic E-state index is -1.83. The Balaban J connectivity index is 2.03. The zero-order valence-corrected chi connectivity index (χ0v) is 64.3. The second kappa shape index (κ2) is 42.8. The van der Waals surface area contributed by atoms with Crippen LogP contribution in [0.15, 0.2) is 53.8 Å². The predicted molar refractivity (Wildman–Crippen MR) is 391 cm³/mol. The van der Waals surface area contributed by atoms with E-state index in [-0.39, 0.29) is 56.8 Å². The molecule has 8 unspecified atom stereocenters. The van der Waals surface area contributed by atoms with Gasteiger partial charge in [-0.05, 0) is 120 Å². The first kappa shape index (κ1) is 89.4. The van der Waals surface area contributed by atoms with Gasteiger partial charge in [-0.25, -0.2) is 4.79 Å². The largest absolute Gasteiger partial charge is 0.458 e. The van der Waals surface area contributed by atoms with Crippen molar-refractivity contribution in [2.45, 2.75) is 268 Å². The fraction of sp³-hybridized carbons (Fsp3) is 0.676. The first-order valence-corrected chi connectivity index (χ1v) is 36.6. The number of aliphatic hydroxyl groups is 1. The van der Waals surface area contributed by atoms with Crippen molar-refractivity contribution in [1.29, 1.82) is 0 Å². The third kappa shape index (κ3) is 27.0. The molecular formula is C74H120N14O16.